The monoisotopic (exact) mass is 229 g/mol. The van der Waals surface area contributed by atoms with Crippen molar-refractivity contribution in [3.05, 3.63) is 18.2 Å². The van der Waals surface area contributed by atoms with Crippen molar-refractivity contribution in [3.63, 3.8) is 0 Å². The van der Waals surface area contributed by atoms with Crippen molar-refractivity contribution in [2.24, 2.45) is 0 Å². The Balaban J connectivity index is 1.96. The van der Waals surface area contributed by atoms with Crippen LogP contribution in [0.2, 0.25) is 0 Å². The van der Waals surface area contributed by atoms with Crippen molar-refractivity contribution < 1.29 is 0 Å². The molecule has 0 amide bonds. The Morgan fingerprint density at radius 1 is 1.33 bits per heavy atom. The summed E-state index contributed by atoms with van der Waals surface area (Å²) in [5.74, 6) is 1.87. The van der Waals surface area contributed by atoms with Crippen LogP contribution in [0, 0.1) is 6.92 Å². The van der Waals surface area contributed by atoms with Gasteiger partial charge in [-0.25, -0.2) is 4.98 Å². The molecule has 1 N–H and O–H groups in total. The molecule has 0 bridgehead atoms. The number of aryl methyl sites for hydroxylation is 1. The minimum absolute atomic E-state index is 0.786. The Labute approximate surface area is 96.8 Å². The molecule has 0 spiro atoms. The maximum absolute atomic E-state index is 5.60. The number of imidazole rings is 1. The summed E-state index contributed by atoms with van der Waals surface area (Å²) in [5, 5.41) is 3.42. The molecule has 3 nitrogen and oxygen atoms in total. The van der Waals surface area contributed by atoms with Crippen molar-refractivity contribution in [2.45, 2.75) is 32.7 Å². The van der Waals surface area contributed by atoms with E-state index in [4.69, 9.17) is 11.6 Å². The van der Waals surface area contributed by atoms with E-state index in [1.807, 2.05) is 19.3 Å². The van der Waals surface area contributed by atoms with E-state index in [0.717, 1.165) is 37.8 Å². The standard InChI is InChI=1S/C11H20ClN3/c1-11-14-8-10-15(11)9-7-13-6-4-2-3-5-12/h8,10,13H,2-7,9H2,1H3. The Morgan fingerprint density at radius 3 is 2.87 bits per heavy atom. The average Bonchev–Trinajstić information content (AvgIpc) is 2.63. The van der Waals surface area contributed by atoms with Crippen LogP contribution < -0.4 is 5.32 Å². The summed E-state index contributed by atoms with van der Waals surface area (Å²) in [6, 6.07) is 0. The second-order valence-corrected chi connectivity index (χ2v) is 4.05. The highest BCUT2D eigenvalue weighted by molar-refractivity contribution is 6.17. The first-order valence-electron chi connectivity index (χ1n) is 5.59. The van der Waals surface area contributed by atoms with Gasteiger partial charge >= 0.3 is 0 Å². The van der Waals surface area contributed by atoms with E-state index >= 15 is 0 Å². The molecule has 0 radical (unpaired) electrons. The maximum Gasteiger partial charge on any atom is 0.105 e. The fourth-order valence-electron chi connectivity index (χ4n) is 1.49. The number of rotatable bonds is 8. The van der Waals surface area contributed by atoms with E-state index in [-0.39, 0.29) is 0 Å². The van der Waals surface area contributed by atoms with Crippen molar-refractivity contribution >= 4 is 11.6 Å². The Bertz CT molecular complexity index is 260. The number of alkyl halides is 1. The molecule has 1 rings (SSSR count). The zero-order valence-corrected chi connectivity index (χ0v) is 10.1. The molecule has 0 aliphatic heterocycles. The molecule has 0 aliphatic carbocycles. The van der Waals surface area contributed by atoms with Crippen LogP contribution in [0.5, 0.6) is 0 Å². The summed E-state index contributed by atoms with van der Waals surface area (Å²) in [5.41, 5.74) is 0. The first kappa shape index (κ1) is 12.5. The van der Waals surface area contributed by atoms with Crippen LogP contribution in [0.1, 0.15) is 25.1 Å². The van der Waals surface area contributed by atoms with E-state index in [9.17, 15) is 0 Å². The van der Waals surface area contributed by atoms with Crippen LogP contribution in [0.15, 0.2) is 12.4 Å². The lowest BCUT2D eigenvalue weighted by molar-refractivity contribution is 0.563. The molecular weight excluding hydrogens is 210 g/mol. The van der Waals surface area contributed by atoms with Crippen LogP contribution in [0.3, 0.4) is 0 Å². The van der Waals surface area contributed by atoms with Crippen molar-refractivity contribution in [1.82, 2.24) is 14.9 Å². The Hall–Kier alpha value is -0.540. The predicted molar refractivity (Wildman–Crippen MR) is 64.4 cm³/mol. The quantitative estimate of drug-likeness (QED) is 0.547. The molecule has 0 atom stereocenters. The number of aromatic nitrogens is 2. The van der Waals surface area contributed by atoms with Crippen LogP contribution in [0.25, 0.3) is 0 Å². The summed E-state index contributed by atoms with van der Waals surface area (Å²) in [6.45, 7) is 5.13. The number of halogens is 1. The summed E-state index contributed by atoms with van der Waals surface area (Å²) in [6.07, 6.45) is 7.43. The lowest BCUT2D eigenvalue weighted by Gasteiger charge is -2.06. The molecule has 0 saturated carbocycles. The van der Waals surface area contributed by atoms with Crippen molar-refractivity contribution in [2.75, 3.05) is 19.0 Å². The van der Waals surface area contributed by atoms with Gasteiger partial charge < -0.3 is 9.88 Å². The number of unbranched alkanes of at least 4 members (excludes halogenated alkanes) is 2. The van der Waals surface area contributed by atoms with Gasteiger partial charge in [0.15, 0.2) is 0 Å². The van der Waals surface area contributed by atoms with E-state index < -0.39 is 0 Å². The Morgan fingerprint density at radius 2 is 2.20 bits per heavy atom. The molecule has 86 valence electrons. The number of nitrogens with one attached hydrogen (secondary N) is 1. The fourth-order valence-corrected chi connectivity index (χ4v) is 1.67. The minimum atomic E-state index is 0.786. The summed E-state index contributed by atoms with van der Waals surface area (Å²) in [7, 11) is 0. The molecule has 1 aromatic rings. The molecule has 1 aromatic heterocycles. The predicted octanol–water partition coefficient (Wildman–Crippen LogP) is 2.19. The van der Waals surface area contributed by atoms with Crippen LogP contribution >= 0.6 is 11.6 Å². The highest BCUT2D eigenvalue weighted by Crippen LogP contribution is 1.96. The number of nitrogens with zero attached hydrogens (tertiary/aromatic N) is 2. The minimum Gasteiger partial charge on any atom is -0.334 e. The topological polar surface area (TPSA) is 29.9 Å². The van der Waals surface area contributed by atoms with Gasteiger partial charge in [-0.2, -0.15) is 0 Å². The van der Waals surface area contributed by atoms with Gasteiger partial charge in [0, 0.05) is 31.4 Å². The van der Waals surface area contributed by atoms with Gasteiger partial charge in [0.2, 0.25) is 0 Å². The molecule has 4 heteroatoms. The lowest BCUT2D eigenvalue weighted by Crippen LogP contribution is -2.21. The molecule has 0 aromatic carbocycles. The third kappa shape index (κ3) is 5.19. The summed E-state index contributed by atoms with van der Waals surface area (Å²) >= 11 is 5.60. The van der Waals surface area contributed by atoms with E-state index in [2.05, 4.69) is 14.9 Å². The molecule has 0 saturated heterocycles. The molecule has 15 heavy (non-hydrogen) atoms. The van der Waals surface area contributed by atoms with Gasteiger partial charge in [0.25, 0.3) is 0 Å². The highest BCUT2D eigenvalue weighted by Gasteiger charge is 1.95. The first-order chi connectivity index (χ1) is 7.34. The fraction of sp³-hybridized carbons (Fsp3) is 0.727. The first-order valence-corrected chi connectivity index (χ1v) is 6.12. The van der Waals surface area contributed by atoms with Gasteiger partial charge in [0.05, 0.1) is 0 Å². The Kier molecular flexibility index (Phi) is 6.44. The zero-order chi connectivity index (χ0) is 10.9. The summed E-state index contributed by atoms with van der Waals surface area (Å²) in [4.78, 5) is 4.18. The normalized spacial score (nSPS) is 10.8. The van der Waals surface area contributed by atoms with Crippen molar-refractivity contribution in [1.29, 1.82) is 0 Å². The van der Waals surface area contributed by atoms with Crippen LogP contribution in [-0.4, -0.2) is 28.5 Å². The van der Waals surface area contributed by atoms with Crippen LogP contribution in [0.4, 0.5) is 0 Å². The van der Waals surface area contributed by atoms with Gasteiger partial charge in [-0.05, 0) is 26.3 Å². The summed E-state index contributed by atoms with van der Waals surface area (Å²) < 4.78 is 2.16. The van der Waals surface area contributed by atoms with E-state index in [1.54, 1.807) is 0 Å². The van der Waals surface area contributed by atoms with Crippen LogP contribution in [-0.2, 0) is 6.54 Å². The lowest BCUT2D eigenvalue weighted by atomic mass is 10.2. The second-order valence-electron chi connectivity index (χ2n) is 3.67. The highest BCUT2D eigenvalue weighted by atomic mass is 35.5. The van der Waals surface area contributed by atoms with E-state index in [1.165, 1.54) is 12.8 Å². The van der Waals surface area contributed by atoms with Gasteiger partial charge in [-0.15, -0.1) is 11.6 Å². The molecule has 0 fully saturated rings. The smallest absolute Gasteiger partial charge is 0.105 e. The second kappa shape index (κ2) is 7.71. The van der Waals surface area contributed by atoms with Gasteiger partial charge in [0.1, 0.15) is 5.82 Å². The number of hydrogen-bond acceptors (Lipinski definition) is 2. The maximum atomic E-state index is 5.60. The van der Waals surface area contributed by atoms with E-state index in [0.29, 0.717) is 0 Å². The van der Waals surface area contributed by atoms with Crippen molar-refractivity contribution in [3.8, 4) is 0 Å². The third-order valence-corrected chi connectivity index (χ3v) is 2.71. The molecule has 1 heterocycles. The zero-order valence-electron chi connectivity index (χ0n) is 9.38. The SMILES string of the molecule is Cc1nccn1CCNCCCCCCl. The number of hydrogen-bond donors (Lipinski definition) is 1. The van der Waals surface area contributed by atoms with Gasteiger partial charge in [-0.3, -0.25) is 0 Å². The molecular formula is C11H20ClN3. The largest absolute Gasteiger partial charge is 0.334 e. The average molecular weight is 230 g/mol. The molecule has 0 aliphatic rings. The van der Waals surface area contributed by atoms with Gasteiger partial charge in [-0.1, -0.05) is 6.42 Å². The third-order valence-electron chi connectivity index (χ3n) is 2.44. The molecule has 0 unspecified atom stereocenters.